The van der Waals surface area contributed by atoms with Gasteiger partial charge in [-0.2, -0.15) is 0 Å². The number of nitrogens with one attached hydrogen (secondary N) is 2. The van der Waals surface area contributed by atoms with Gasteiger partial charge in [0.1, 0.15) is 11.5 Å². The van der Waals surface area contributed by atoms with E-state index in [2.05, 4.69) is 10.6 Å². The first-order valence-corrected chi connectivity index (χ1v) is 10.8. The molecule has 0 aliphatic heterocycles. The summed E-state index contributed by atoms with van der Waals surface area (Å²) in [6, 6.07) is 21.6. The molecule has 2 N–H and O–H groups in total. The maximum atomic E-state index is 12.4. The third-order valence-corrected chi connectivity index (χ3v) is 5.26. The van der Waals surface area contributed by atoms with E-state index < -0.39 is 0 Å². The molecular weight excluding hydrogens is 412 g/mol. The van der Waals surface area contributed by atoms with E-state index in [0.717, 1.165) is 16.3 Å². The van der Waals surface area contributed by atoms with E-state index in [-0.39, 0.29) is 17.6 Å². The molecule has 6 nitrogen and oxygen atoms in total. The lowest BCUT2D eigenvalue weighted by Crippen LogP contribution is -2.14. The van der Waals surface area contributed by atoms with Crippen molar-refractivity contribution in [1.82, 2.24) is 0 Å². The predicted molar refractivity (Wildman–Crippen MR) is 124 cm³/mol. The number of rotatable bonds is 9. The van der Waals surface area contributed by atoms with Crippen molar-refractivity contribution in [2.75, 3.05) is 30.1 Å². The number of thioether (sulfide) groups is 1. The van der Waals surface area contributed by atoms with Crippen LogP contribution < -0.4 is 20.1 Å². The maximum Gasteiger partial charge on any atom is 0.255 e. The summed E-state index contributed by atoms with van der Waals surface area (Å²) in [6.07, 6.45) is 0. The number of methoxy groups -OCH3 is 1. The van der Waals surface area contributed by atoms with E-state index in [0.29, 0.717) is 23.6 Å². The van der Waals surface area contributed by atoms with Gasteiger partial charge in [0.05, 0.1) is 19.5 Å². The van der Waals surface area contributed by atoms with Gasteiger partial charge in [-0.25, -0.2) is 0 Å². The molecule has 0 aliphatic rings. The molecule has 0 aromatic heterocycles. The van der Waals surface area contributed by atoms with Crippen LogP contribution in [0.1, 0.15) is 17.3 Å². The highest BCUT2D eigenvalue weighted by Crippen LogP contribution is 2.23. The number of amides is 2. The summed E-state index contributed by atoms with van der Waals surface area (Å²) in [6.45, 7) is 2.52. The number of hydrogen-bond donors (Lipinski definition) is 2. The fourth-order valence-corrected chi connectivity index (χ4v) is 3.51. The molecule has 3 aromatic carbocycles. The van der Waals surface area contributed by atoms with Gasteiger partial charge in [0.2, 0.25) is 5.91 Å². The molecule has 3 rings (SSSR count). The minimum atomic E-state index is -0.210. The fourth-order valence-electron chi connectivity index (χ4n) is 2.76. The molecule has 0 radical (unpaired) electrons. The van der Waals surface area contributed by atoms with Crippen molar-refractivity contribution in [3.8, 4) is 11.5 Å². The lowest BCUT2D eigenvalue weighted by Gasteiger charge is -2.09. The zero-order valence-corrected chi connectivity index (χ0v) is 18.2. The number of hydrogen-bond acceptors (Lipinski definition) is 5. The van der Waals surface area contributed by atoms with Crippen LogP contribution in [0.25, 0.3) is 0 Å². The van der Waals surface area contributed by atoms with Crippen molar-refractivity contribution in [3.63, 3.8) is 0 Å². The molecule has 31 heavy (non-hydrogen) atoms. The van der Waals surface area contributed by atoms with Gasteiger partial charge in [0.25, 0.3) is 5.91 Å². The Bertz CT molecular complexity index is 1020. The zero-order valence-electron chi connectivity index (χ0n) is 17.4. The number of ether oxygens (including phenoxy) is 2. The van der Waals surface area contributed by atoms with Gasteiger partial charge >= 0.3 is 0 Å². The molecule has 0 fully saturated rings. The Balaban J connectivity index is 1.52. The lowest BCUT2D eigenvalue weighted by atomic mass is 10.2. The van der Waals surface area contributed by atoms with Gasteiger partial charge in [-0.1, -0.05) is 6.07 Å². The van der Waals surface area contributed by atoms with Crippen LogP contribution >= 0.6 is 11.8 Å². The second-order valence-electron chi connectivity index (χ2n) is 6.50. The van der Waals surface area contributed by atoms with Gasteiger partial charge in [-0.05, 0) is 73.7 Å². The number of carbonyl (C=O) groups excluding carboxylic acids is 2. The summed E-state index contributed by atoms with van der Waals surface area (Å²) >= 11 is 1.40. The Morgan fingerprint density at radius 2 is 1.58 bits per heavy atom. The van der Waals surface area contributed by atoms with Crippen LogP contribution in [0.2, 0.25) is 0 Å². The smallest absolute Gasteiger partial charge is 0.255 e. The highest BCUT2D eigenvalue weighted by atomic mass is 32.2. The largest absolute Gasteiger partial charge is 0.497 e. The van der Waals surface area contributed by atoms with Crippen LogP contribution in [-0.2, 0) is 4.79 Å². The van der Waals surface area contributed by atoms with Crippen LogP contribution in [-0.4, -0.2) is 31.3 Å². The summed E-state index contributed by atoms with van der Waals surface area (Å²) < 4.78 is 10.5. The minimum Gasteiger partial charge on any atom is -0.497 e. The van der Waals surface area contributed by atoms with Gasteiger partial charge in [0, 0.05) is 21.8 Å². The molecule has 0 aliphatic carbocycles. The van der Waals surface area contributed by atoms with Crippen molar-refractivity contribution >= 4 is 35.0 Å². The summed E-state index contributed by atoms with van der Waals surface area (Å²) in [5.41, 5.74) is 1.92. The molecule has 7 heteroatoms. The van der Waals surface area contributed by atoms with Gasteiger partial charge in [-0.15, -0.1) is 11.8 Å². The average Bonchev–Trinajstić information content (AvgIpc) is 2.79. The van der Waals surface area contributed by atoms with E-state index in [9.17, 15) is 9.59 Å². The molecule has 0 spiro atoms. The Labute approximate surface area is 186 Å². The first-order valence-electron chi connectivity index (χ1n) is 9.78. The van der Waals surface area contributed by atoms with E-state index in [1.807, 2.05) is 55.5 Å². The second-order valence-corrected chi connectivity index (χ2v) is 7.55. The monoisotopic (exact) mass is 436 g/mol. The topological polar surface area (TPSA) is 76.7 Å². The molecule has 2 amide bonds. The molecule has 0 saturated carbocycles. The van der Waals surface area contributed by atoms with Crippen LogP contribution in [0.3, 0.4) is 0 Å². The second kappa shape index (κ2) is 11.1. The lowest BCUT2D eigenvalue weighted by molar-refractivity contribution is -0.113. The molecule has 0 saturated heterocycles. The van der Waals surface area contributed by atoms with Gasteiger partial charge in [-0.3, -0.25) is 9.59 Å². The highest BCUT2D eigenvalue weighted by molar-refractivity contribution is 8.00. The van der Waals surface area contributed by atoms with E-state index in [1.165, 1.54) is 11.8 Å². The normalized spacial score (nSPS) is 10.3. The van der Waals surface area contributed by atoms with E-state index >= 15 is 0 Å². The van der Waals surface area contributed by atoms with Crippen molar-refractivity contribution in [2.24, 2.45) is 0 Å². The molecule has 0 atom stereocenters. The Morgan fingerprint density at radius 3 is 2.26 bits per heavy atom. The third-order valence-electron chi connectivity index (χ3n) is 4.26. The summed E-state index contributed by atoms with van der Waals surface area (Å²) in [4.78, 5) is 25.6. The predicted octanol–water partition coefficient (Wildman–Crippen LogP) is 5.08. The first kappa shape index (κ1) is 22.2. The van der Waals surface area contributed by atoms with Crippen molar-refractivity contribution < 1.29 is 19.1 Å². The summed E-state index contributed by atoms with van der Waals surface area (Å²) in [7, 11) is 1.58. The third kappa shape index (κ3) is 6.79. The van der Waals surface area contributed by atoms with Crippen molar-refractivity contribution in [1.29, 1.82) is 0 Å². The Kier molecular flexibility index (Phi) is 7.95. The van der Waals surface area contributed by atoms with E-state index in [1.54, 1.807) is 31.4 Å². The molecule has 0 unspecified atom stereocenters. The zero-order chi connectivity index (χ0) is 22.1. The number of anilines is 2. The highest BCUT2D eigenvalue weighted by Gasteiger charge is 2.08. The number of benzene rings is 3. The summed E-state index contributed by atoms with van der Waals surface area (Å²) in [5, 5.41) is 5.74. The Hall–Kier alpha value is -3.45. The van der Waals surface area contributed by atoms with Crippen molar-refractivity contribution in [3.05, 3.63) is 78.4 Å². The molecule has 160 valence electrons. The van der Waals surface area contributed by atoms with E-state index in [4.69, 9.17) is 9.47 Å². The van der Waals surface area contributed by atoms with Crippen LogP contribution in [0.15, 0.2) is 77.7 Å². The van der Waals surface area contributed by atoms with Crippen LogP contribution in [0.5, 0.6) is 11.5 Å². The van der Waals surface area contributed by atoms with Gasteiger partial charge in [0.15, 0.2) is 0 Å². The standard InChI is InChI=1S/C24H24N2O4S/c1-3-30-21-13-9-18(10-14-21)25-23(27)16-31-22-6-4-5-19(15-22)26-24(28)17-7-11-20(29-2)12-8-17/h4-15H,3,16H2,1-2H3,(H,25,27)(H,26,28). The maximum absolute atomic E-state index is 12.4. The molecule has 3 aromatic rings. The average molecular weight is 437 g/mol. The van der Waals surface area contributed by atoms with Crippen LogP contribution in [0.4, 0.5) is 11.4 Å². The summed E-state index contributed by atoms with van der Waals surface area (Å²) in [5.74, 6) is 1.39. The molecule has 0 bridgehead atoms. The SMILES string of the molecule is CCOc1ccc(NC(=O)CSc2cccc(NC(=O)c3ccc(OC)cc3)c2)cc1. The van der Waals surface area contributed by atoms with Crippen LogP contribution in [0, 0.1) is 0 Å². The fraction of sp³-hybridized carbons (Fsp3) is 0.167. The van der Waals surface area contributed by atoms with Crippen molar-refractivity contribution in [2.45, 2.75) is 11.8 Å². The Morgan fingerprint density at radius 1 is 0.871 bits per heavy atom. The number of carbonyl (C=O) groups is 2. The quantitative estimate of drug-likeness (QED) is 0.458. The molecular formula is C24H24N2O4S. The first-order chi connectivity index (χ1) is 15.1. The molecule has 0 heterocycles. The minimum absolute atomic E-state index is 0.109. The van der Waals surface area contributed by atoms with Gasteiger partial charge < -0.3 is 20.1 Å².